The van der Waals surface area contributed by atoms with Gasteiger partial charge >= 0.3 is 0 Å². The van der Waals surface area contributed by atoms with Crippen LogP contribution in [0.15, 0.2) is 33.7 Å². The maximum Gasteiger partial charge on any atom is 0.252 e. The first-order valence-electron chi connectivity index (χ1n) is 7.46. The molecule has 2 aromatic rings. The summed E-state index contributed by atoms with van der Waals surface area (Å²) in [6, 6.07) is 7.57. The minimum absolute atomic E-state index is 0.0341. The lowest BCUT2D eigenvalue weighted by Crippen LogP contribution is -2.35. The van der Waals surface area contributed by atoms with E-state index in [1.54, 1.807) is 18.9 Å². The van der Waals surface area contributed by atoms with E-state index < -0.39 is 0 Å². The fraction of sp³-hybridized carbons (Fsp3) is 0.412. The summed E-state index contributed by atoms with van der Waals surface area (Å²) < 4.78 is 10.2. The molecule has 0 aliphatic heterocycles. The third-order valence-corrected chi connectivity index (χ3v) is 4.58. The molecule has 1 heterocycles. The molecule has 0 fully saturated rings. The average Bonchev–Trinajstić information content (AvgIpc) is 2.84. The van der Waals surface area contributed by atoms with Gasteiger partial charge in [-0.2, -0.15) is 0 Å². The van der Waals surface area contributed by atoms with Crippen LogP contribution in [0.4, 0.5) is 0 Å². The second-order valence-corrected chi connectivity index (χ2v) is 6.43. The number of hydrogen-bond donors (Lipinski definition) is 1. The molecule has 0 aliphatic carbocycles. The first kappa shape index (κ1) is 17.6. The van der Waals surface area contributed by atoms with Crippen LogP contribution < -0.4 is 5.32 Å². The molecular formula is C17H22N2O3S. The Morgan fingerprint density at radius 3 is 2.78 bits per heavy atom. The van der Waals surface area contributed by atoms with Crippen molar-refractivity contribution in [3.8, 4) is 0 Å². The predicted octanol–water partition coefficient (Wildman–Crippen LogP) is 3.35. The predicted molar refractivity (Wildman–Crippen MR) is 90.8 cm³/mol. The number of rotatable bonds is 7. The summed E-state index contributed by atoms with van der Waals surface area (Å²) in [6.07, 6.45) is 0. The standard InChI is InChI=1S/C17H22N2O3S/c1-11(9-21-4)18-17(20)14-7-5-6-8-16(14)23-10-15-12(2)19-22-13(15)3/h5-8,11H,9-10H2,1-4H3,(H,18,20)/t11-/m1/s1. The van der Waals surface area contributed by atoms with E-state index in [0.29, 0.717) is 12.2 Å². The molecule has 1 N–H and O–H groups in total. The number of ether oxygens (including phenoxy) is 1. The Bertz CT molecular complexity index is 650. The molecule has 0 saturated carbocycles. The van der Waals surface area contributed by atoms with Gasteiger partial charge in [0.15, 0.2) is 0 Å². The smallest absolute Gasteiger partial charge is 0.252 e. The highest BCUT2D eigenvalue weighted by molar-refractivity contribution is 7.98. The topological polar surface area (TPSA) is 64.4 Å². The Morgan fingerprint density at radius 2 is 2.13 bits per heavy atom. The molecule has 124 valence electrons. The van der Waals surface area contributed by atoms with Gasteiger partial charge in [0.05, 0.1) is 17.9 Å². The van der Waals surface area contributed by atoms with Crippen LogP contribution in [0.3, 0.4) is 0 Å². The van der Waals surface area contributed by atoms with Crippen LogP contribution in [0.25, 0.3) is 0 Å². The van der Waals surface area contributed by atoms with Gasteiger partial charge in [0.2, 0.25) is 0 Å². The molecule has 0 radical (unpaired) electrons. The lowest BCUT2D eigenvalue weighted by atomic mass is 10.2. The minimum Gasteiger partial charge on any atom is -0.383 e. The molecule has 0 unspecified atom stereocenters. The Balaban J connectivity index is 2.10. The zero-order valence-corrected chi connectivity index (χ0v) is 14.7. The third kappa shape index (κ3) is 4.59. The fourth-order valence-electron chi connectivity index (χ4n) is 2.23. The maximum absolute atomic E-state index is 12.4. The molecule has 5 nitrogen and oxygen atoms in total. The Kier molecular flexibility index (Phi) is 6.24. The first-order valence-corrected chi connectivity index (χ1v) is 8.44. The molecule has 23 heavy (non-hydrogen) atoms. The van der Waals surface area contributed by atoms with Gasteiger partial charge in [-0.1, -0.05) is 17.3 Å². The molecule has 0 bridgehead atoms. The number of hydrogen-bond acceptors (Lipinski definition) is 5. The third-order valence-electron chi connectivity index (χ3n) is 3.48. The van der Waals surface area contributed by atoms with Gasteiger partial charge < -0.3 is 14.6 Å². The first-order chi connectivity index (χ1) is 11.0. The van der Waals surface area contributed by atoms with E-state index in [2.05, 4.69) is 10.5 Å². The van der Waals surface area contributed by atoms with Crippen LogP contribution in [0, 0.1) is 13.8 Å². The van der Waals surface area contributed by atoms with Crippen molar-refractivity contribution in [2.24, 2.45) is 0 Å². The fourth-order valence-corrected chi connectivity index (χ4v) is 3.43. The van der Waals surface area contributed by atoms with Gasteiger partial charge in [-0.15, -0.1) is 11.8 Å². The van der Waals surface area contributed by atoms with Crippen LogP contribution in [0.1, 0.15) is 34.3 Å². The van der Waals surface area contributed by atoms with E-state index in [0.717, 1.165) is 27.7 Å². The number of carbonyl (C=O) groups is 1. The summed E-state index contributed by atoms with van der Waals surface area (Å²) in [5, 5.41) is 6.91. The number of aryl methyl sites for hydroxylation is 2. The zero-order valence-electron chi connectivity index (χ0n) is 13.9. The Morgan fingerprint density at radius 1 is 1.39 bits per heavy atom. The summed E-state index contributed by atoms with van der Waals surface area (Å²) in [7, 11) is 1.62. The molecule has 1 atom stereocenters. The SMILES string of the molecule is COC[C@@H](C)NC(=O)c1ccccc1SCc1c(C)noc1C. The van der Waals surface area contributed by atoms with Crippen molar-refractivity contribution in [2.45, 2.75) is 37.5 Å². The zero-order chi connectivity index (χ0) is 16.8. The number of methoxy groups -OCH3 is 1. The number of nitrogens with zero attached hydrogens (tertiary/aromatic N) is 1. The molecule has 6 heteroatoms. The monoisotopic (exact) mass is 334 g/mol. The second-order valence-electron chi connectivity index (χ2n) is 5.42. The van der Waals surface area contributed by atoms with Gasteiger partial charge in [0.25, 0.3) is 5.91 Å². The van der Waals surface area contributed by atoms with Crippen LogP contribution in [-0.4, -0.2) is 30.8 Å². The Hall–Kier alpha value is -1.79. The van der Waals surface area contributed by atoms with Gasteiger partial charge in [-0.3, -0.25) is 4.79 Å². The second kappa shape index (κ2) is 8.17. The van der Waals surface area contributed by atoms with E-state index in [-0.39, 0.29) is 11.9 Å². The molecule has 0 aliphatic rings. The van der Waals surface area contributed by atoms with Gasteiger partial charge in [0, 0.05) is 29.4 Å². The van der Waals surface area contributed by atoms with E-state index in [4.69, 9.17) is 9.26 Å². The molecule has 1 amide bonds. The van der Waals surface area contributed by atoms with Gasteiger partial charge in [-0.05, 0) is 32.9 Å². The van der Waals surface area contributed by atoms with Crippen LogP contribution >= 0.6 is 11.8 Å². The van der Waals surface area contributed by atoms with Crippen LogP contribution in [-0.2, 0) is 10.5 Å². The van der Waals surface area contributed by atoms with E-state index >= 15 is 0 Å². The van der Waals surface area contributed by atoms with E-state index in [1.807, 2.05) is 45.0 Å². The highest BCUT2D eigenvalue weighted by atomic mass is 32.2. The van der Waals surface area contributed by atoms with E-state index in [9.17, 15) is 4.79 Å². The van der Waals surface area contributed by atoms with Gasteiger partial charge in [0.1, 0.15) is 5.76 Å². The number of carbonyl (C=O) groups excluding carboxylic acids is 1. The molecule has 0 spiro atoms. The largest absolute Gasteiger partial charge is 0.383 e. The highest BCUT2D eigenvalue weighted by Crippen LogP contribution is 2.28. The summed E-state index contributed by atoms with van der Waals surface area (Å²) in [4.78, 5) is 13.4. The summed E-state index contributed by atoms with van der Waals surface area (Å²) in [6.45, 7) is 6.24. The summed E-state index contributed by atoms with van der Waals surface area (Å²) >= 11 is 1.61. The van der Waals surface area contributed by atoms with E-state index in [1.165, 1.54) is 0 Å². The number of benzene rings is 1. The number of amides is 1. The molecule has 0 saturated heterocycles. The minimum atomic E-state index is -0.0867. The maximum atomic E-state index is 12.4. The van der Waals surface area contributed by atoms with Crippen molar-refractivity contribution in [3.05, 3.63) is 46.8 Å². The van der Waals surface area contributed by atoms with Crippen molar-refractivity contribution in [2.75, 3.05) is 13.7 Å². The summed E-state index contributed by atoms with van der Waals surface area (Å²) in [5.41, 5.74) is 2.65. The van der Waals surface area contributed by atoms with Crippen molar-refractivity contribution in [1.82, 2.24) is 10.5 Å². The Labute approximate surface area is 140 Å². The number of thioether (sulfide) groups is 1. The molecular weight excluding hydrogens is 312 g/mol. The van der Waals surface area contributed by atoms with Crippen molar-refractivity contribution in [1.29, 1.82) is 0 Å². The molecule has 2 rings (SSSR count). The van der Waals surface area contributed by atoms with Crippen LogP contribution in [0.2, 0.25) is 0 Å². The van der Waals surface area contributed by atoms with Gasteiger partial charge in [-0.25, -0.2) is 0 Å². The molecule has 1 aromatic heterocycles. The summed E-state index contributed by atoms with van der Waals surface area (Å²) in [5.74, 6) is 1.46. The normalized spacial score (nSPS) is 12.2. The number of aromatic nitrogens is 1. The van der Waals surface area contributed by atoms with Crippen molar-refractivity contribution >= 4 is 17.7 Å². The average molecular weight is 334 g/mol. The lowest BCUT2D eigenvalue weighted by Gasteiger charge is -2.14. The number of nitrogens with one attached hydrogen (secondary N) is 1. The van der Waals surface area contributed by atoms with Crippen molar-refractivity contribution in [3.63, 3.8) is 0 Å². The quantitative estimate of drug-likeness (QED) is 0.787. The molecule has 1 aromatic carbocycles. The lowest BCUT2D eigenvalue weighted by molar-refractivity contribution is 0.0902. The van der Waals surface area contributed by atoms with Crippen molar-refractivity contribution < 1.29 is 14.1 Å². The highest BCUT2D eigenvalue weighted by Gasteiger charge is 2.15. The van der Waals surface area contributed by atoms with Crippen LogP contribution in [0.5, 0.6) is 0 Å².